The number of carboxylic acid groups (broad SMARTS) is 1. The van der Waals surface area contributed by atoms with Crippen LogP contribution in [0, 0.1) is 0 Å². The second-order valence-electron chi connectivity index (χ2n) is 3.76. The van der Waals surface area contributed by atoms with Crippen molar-refractivity contribution in [2.45, 2.75) is 38.6 Å². The fourth-order valence-corrected chi connectivity index (χ4v) is 1.95. The monoisotopic (exact) mass is 211 g/mol. The molecule has 1 fully saturated rings. The Hall–Kier alpha value is -1.32. The van der Waals surface area contributed by atoms with Gasteiger partial charge in [0.05, 0.1) is 0 Å². The Morgan fingerprint density at radius 3 is 2.73 bits per heavy atom. The average Bonchev–Trinajstić information content (AvgIpc) is 2.25. The Morgan fingerprint density at radius 1 is 1.40 bits per heavy atom. The highest BCUT2D eigenvalue weighted by Crippen LogP contribution is 2.19. The highest BCUT2D eigenvalue weighted by atomic mass is 16.4. The van der Waals surface area contributed by atoms with Crippen LogP contribution in [0.25, 0.3) is 0 Å². The highest BCUT2D eigenvalue weighted by molar-refractivity contribution is 5.94. The van der Waals surface area contributed by atoms with Crippen molar-refractivity contribution in [3.63, 3.8) is 0 Å². The van der Waals surface area contributed by atoms with Crippen molar-refractivity contribution in [2.24, 2.45) is 0 Å². The summed E-state index contributed by atoms with van der Waals surface area (Å²) in [6.45, 7) is 2.80. The molecule has 84 valence electrons. The average molecular weight is 211 g/mol. The van der Waals surface area contributed by atoms with Crippen LogP contribution in [0.1, 0.15) is 32.6 Å². The Bertz CT molecular complexity index is 273. The molecule has 0 aromatic heterocycles. The molecule has 0 aromatic rings. The van der Waals surface area contributed by atoms with Crippen LogP contribution in [0.15, 0.2) is 12.2 Å². The number of hydrogen-bond acceptors (Lipinski definition) is 2. The molecular weight excluding hydrogens is 194 g/mol. The number of carbonyl (C=O) groups excluding carboxylic acids is 1. The normalized spacial score (nSPS) is 21.9. The maximum absolute atomic E-state index is 11.6. The zero-order valence-corrected chi connectivity index (χ0v) is 8.98. The maximum Gasteiger partial charge on any atom is 0.328 e. The molecular formula is C11H17NO3. The molecule has 0 aliphatic carbocycles. The molecule has 0 spiro atoms. The molecule has 1 saturated heterocycles. The minimum atomic E-state index is -1.08. The van der Waals surface area contributed by atoms with Crippen LogP contribution < -0.4 is 0 Å². The Kier molecular flexibility index (Phi) is 4.34. The summed E-state index contributed by atoms with van der Waals surface area (Å²) in [6.07, 6.45) is 6.20. The highest BCUT2D eigenvalue weighted by Gasteiger charge is 2.23. The summed E-state index contributed by atoms with van der Waals surface area (Å²) < 4.78 is 0. The lowest BCUT2D eigenvalue weighted by Gasteiger charge is -2.34. The van der Waals surface area contributed by atoms with E-state index in [4.69, 9.17) is 5.11 Å². The third kappa shape index (κ3) is 3.38. The summed E-state index contributed by atoms with van der Waals surface area (Å²) in [5.74, 6) is -1.25. The number of aliphatic carboxylic acids is 1. The third-order valence-corrected chi connectivity index (χ3v) is 2.75. The van der Waals surface area contributed by atoms with Crippen molar-refractivity contribution in [1.82, 2.24) is 4.90 Å². The Morgan fingerprint density at radius 2 is 2.13 bits per heavy atom. The molecule has 4 nitrogen and oxygen atoms in total. The maximum atomic E-state index is 11.6. The van der Waals surface area contributed by atoms with Crippen molar-refractivity contribution in [3.05, 3.63) is 12.2 Å². The van der Waals surface area contributed by atoms with Crippen molar-refractivity contribution < 1.29 is 14.7 Å². The largest absolute Gasteiger partial charge is 0.478 e. The number of carbonyl (C=O) groups is 2. The molecule has 1 aliphatic heterocycles. The first-order valence-corrected chi connectivity index (χ1v) is 5.36. The molecule has 1 N–H and O–H groups in total. The van der Waals surface area contributed by atoms with Gasteiger partial charge in [0.25, 0.3) is 0 Å². The van der Waals surface area contributed by atoms with E-state index in [0.29, 0.717) is 0 Å². The van der Waals surface area contributed by atoms with Crippen LogP contribution in [-0.4, -0.2) is 34.5 Å². The zero-order chi connectivity index (χ0) is 11.3. The number of hydrogen-bond donors (Lipinski definition) is 1. The van der Waals surface area contributed by atoms with Crippen LogP contribution in [0.2, 0.25) is 0 Å². The summed E-state index contributed by atoms with van der Waals surface area (Å²) in [5.41, 5.74) is 0. The number of carboxylic acids is 1. The Balaban J connectivity index is 2.59. The second-order valence-corrected chi connectivity index (χ2v) is 3.76. The molecule has 1 aliphatic rings. The fraction of sp³-hybridized carbons (Fsp3) is 0.636. The van der Waals surface area contributed by atoms with E-state index in [1.165, 1.54) is 0 Å². The topological polar surface area (TPSA) is 57.6 Å². The van der Waals surface area contributed by atoms with Gasteiger partial charge in [0.1, 0.15) is 0 Å². The van der Waals surface area contributed by atoms with Gasteiger partial charge >= 0.3 is 5.97 Å². The molecule has 4 heteroatoms. The minimum absolute atomic E-state index is 0.177. The summed E-state index contributed by atoms with van der Waals surface area (Å²) in [4.78, 5) is 23.7. The van der Waals surface area contributed by atoms with Gasteiger partial charge in [0.2, 0.25) is 5.91 Å². The van der Waals surface area contributed by atoms with Gasteiger partial charge in [-0.3, -0.25) is 4.79 Å². The van der Waals surface area contributed by atoms with Crippen LogP contribution in [0.5, 0.6) is 0 Å². The number of likely N-dealkylation sites (tertiary alicyclic amines) is 1. The van der Waals surface area contributed by atoms with E-state index in [9.17, 15) is 9.59 Å². The predicted molar refractivity (Wildman–Crippen MR) is 56.4 cm³/mol. The predicted octanol–water partition coefficient (Wildman–Crippen LogP) is 1.42. The lowest BCUT2D eigenvalue weighted by Crippen LogP contribution is -2.42. The van der Waals surface area contributed by atoms with Gasteiger partial charge in [-0.2, -0.15) is 0 Å². The third-order valence-electron chi connectivity index (χ3n) is 2.75. The lowest BCUT2D eigenvalue weighted by atomic mass is 10.00. The number of amides is 1. The van der Waals surface area contributed by atoms with E-state index in [2.05, 4.69) is 6.92 Å². The van der Waals surface area contributed by atoms with Gasteiger partial charge < -0.3 is 10.0 Å². The number of rotatable bonds is 3. The lowest BCUT2D eigenvalue weighted by molar-refractivity contribution is -0.133. The van der Waals surface area contributed by atoms with E-state index in [1.807, 2.05) is 0 Å². The fourth-order valence-electron chi connectivity index (χ4n) is 1.95. The molecule has 0 radical (unpaired) electrons. The van der Waals surface area contributed by atoms with E-state index >= 15 is 0 Å². The molecule has 0 bridgehead atoms. The standard InChI is InChI=1S/C11H17NO3/c1-2-9-5-3-4-8-12(9)10(13)6-7-11(14)15/h6-7,9H,2-5,8H2,1H3,(H,14,15)/b7-6+/t9-/m0/s1. The molecule has 0 aromatic carbocycles. The van der Waals surface area contributed by atoms with E-state index in [1.54, 1.807) is 4.90 Å². The quantitative estimate of drug-likeness (QED) is 0.718. The molecule has 0 unspecified atom stereocenters. The molecule has 1 heterocycles. The first-order chi connectivity index (χ1) is 7.15. The zero-order valence-electron chi connectivity index (χ0n) is 8.98. The smallest absolute Gasteiger partial charge is 0.328 e. The van der Waals surface area contributed by atoms with Gasteiger partial charge in [-0.15, -0.1) is 0 Å². The molecule has 15 heavy (non-hydrogen) atoms. The SMILES string of the molecule is CC[C@H]1CCCCN1C(=O)/C=C/C(=O)O. The van der Waals surface area contributed by atoms with E-state index < -0.39 is 5.97 Å². The van der Waals surface area contributed by atoms with E-state index in [-0.39, 0.29) is 11.9 Å². The molecule has 0 saturated carbocycles. The first-order valence-electron chi connectivity index (χ1n) is 5.36. The molecule has 1 rings (SSSR count). The van der Waals surface area contributed by atoms with E-state index in [0.717, 1.165) is 44.4 Å². The second kappa shape index (κ2) is 5.53. The van der Waals surface area contributed by atoms with Crippen LogP contribution in [0.3, 0.4) is 0 Å². The van der Waals surface area contributed by atoms with Gasteiger partial charge in [-0.1, -0.05) is 6.92 Å². The summed E-state index contributed by atoms with van der Waals surface area (Å²) in [5, 5.41) is 8.43. The van der Waals surface area contributed by atoms with Crippen molar-refractivity contribution in [1.29, 1.82) is 0 Å². The minimum Gasteiger partial charge on any atom is -0.478 e. The van der Waals surface area contributed by atoms with Crippen LogP contribution in [-0.2, 0) is 9.59 Å². The summed E-state index contributed by atoms with van der Waals surface area (Å²) in [6, 6.07) is 0.282. The van der Waals surface area contributed by atoms with Gasteiger partial charge in [0.15, 0.2) is 0 Å². The van der Waals surface area contributed by atoms with Crippen molar-refractivity contribution >= 4 is 11.9 Å². The van der Waals surface area contributed by atoms with Gasteiger partial charge in [-0.25, -0.2) is 4.79 Å². The van der Waals surface area contributed by atoms with Gasteiger partial charge in [0, 0.05) is 24.7 Å². The van der Waals surface area contributed by atoms with Crippen molar-refractivity contribution in [2.75, 3.05) is 6.54 Å². The number of nitrogens with zero attached hydrogens (tertiary/aromatic N) is 1. The van der Waals surface area contributed by atoms with Crippen LogP contribution in [0.4, 0.5) is 0 Å². The summed E-state index contributed by atoms with van der Waals surface area (Å²) in [7, 11) is 0. The molecule has 1 atom stereocenters. The van der Waals surface area contributed by atoms with Crippen LogP contribution >= 0.6 is 0 Å². The van der Waals surface area contributed by atoms with Crippen molar-refractivity contribution in [3.8, 4) is 0 Å². The van der Waals surface area contributed by atoms with Gasteiger partial charge in [-0.05, 0) is 25.7 Å². The number of piperidine rings is 1. The summed E-state index contributed by atoms with van der Waals surface area (Å²) >= 11 is 0. The molecule has 1 amide bonds. The Labute approximate surface area is 89.6 Å². The first kappa shape index (κ1) is 11.8.